The molecule has 1 saturated carbocycles. The fourth-order valence-electron chi connectivity index (χ4n) is 2.74. The average molecular weight is 260 g/mol. The van der Waals surface area contributed by atoms with Crippen LogP contribution in [0, 0.1) is 5.92 Å². The summed E-state index contributed by atoms with van der Waals surface area (Å²) in [5.41, 5.74) is 1.25. The number of rotatable bonds is 5. The molecule has 19 heavy (non-hydrogen) atoms. The Morgan fingerprint density at radius 2 is 2.00 bits per heavy atom. The van der Waals surface area contributed by atoms with Crippen molar-refractivity contribution < 1.29 is 0 Å². The van der Waals surface area contributed by atoms with Crippen LogP contribution in [-0.4, -0.2) is 49.7 Å². The summed E-state index contributed by atoms with van der Waals surface area (Å²) in [6, 6.07) is 4.33. The molecule has 0 bridgehead atoms. The summed E-state index contributed by atoms with van der Waals surface area (Å²) in [7, 11) is 1.97. The van der Waals surface area contributed by atoms with Crippen molar-refractivity contribution >= 4 is 5.82 Å². The topological polar surface area (TPSA) is 31.4 Å². The lowest BCUT2D eigenvalue weighted by Crippen LogP contribution is -2.47. The molecule has 1 aromatic heterocycles. The number of nitrogens with zero attached hydrogens (tertiary/aromatic N) is 3. The minimum atomic E-state index is 0.891. The van der Waals surface area contributed by atoms with E-state index in [0.29, 0.717) is 0 Å². The average Bonchev–Trinajstić information content (AvgIpc) is 3.25. The van der Waals surface area contributed by atoms with Crippen LogP contribution in [0.25, 0.3) is 0 Å². The lowest BCUT2D eigenvalue weighted by atomic mass is 10.2. The molecular formula is C15H24N4. The highest BCUT2D eigenvalue weighted by Gasteiger charge is 2.26. The maximum absolute atomic E-state index is 4.59. The highest BCUT2D eigenvalue weighted by Crippen LogP contribution is 2.30. The summed E-state index contributed by atoms with van der Waals surface area (Å²) in [4.78, 5) is 9.61. The van der Waals surface area contributed by atoms with Gasteiger partial charge in [-0.05, 0) is 37.4 Å². The van der Waals surface area contributed by atoms with Crippen LogP contribution in [0.15, 0.2) is 18.3 Å². The van der Waals surface area contributed by atoms with Gasteiger partial charge in [-0.15, -0.1) is 0 Å². The number of anilines is 1. The second-order valence-corrected chi connectivity index (χ2v) is 5.79. The van der Waals surface area contributed by atoms with Crippen molar-refractivity contribution in [1.82, 2.24) is 15.2 Å². The largest absolute Gasteiger partial charge is 0.354 e. The van der Waals surface area contributed by atoms with Crippen molar-refractivity contribution in [2.75, 3.05) is 44.7 Å². The smallest absolute Gasteiger partial charge is 0.128 e. The molecule has 1 saturated heterocycles. The van der Waals surface area contributed by atoms with E-state index in [9.17, 15) is 0 Å². The normalized spacial score (nSPS) is 20.8. The van der Waals surface area contributed by atoms with Crippen LogP contribution in [0.3, 0.4) is 0 Å². The molecule has 0 spiro atoms. The Morgan fingerprint density at radius 1 is 1.21 bits per heavy atom. The van der Waals surface area contributed by atoms with Gasteiger partial charge in [0.1, 0.15) is 5.82 Å². The number of pyridine rings is 1. The van der Waals surface area contributed by atoms with Gasteiger partial charge in [0.2, 0.25) is 0 Å². The summed E-state index contributed by atoms with van der Waals surface area (Å²) in [5, 5.41) is 3.15. The van der Waals surface area contributed by atoms with E-state index in [1.54, 1.807) is 0 Å². The van der Waals surface area contributed by atoms with Crippen molar-refractivity contribution in [2.24, 2.45) is 5.92 Å². The maximum atomic E-state index is 4.59. The zero-order valence-electron chi connectivity index (χ0n) is 11.8. The van der Waals surface area contributed by atoms with E-state index >= 15 is 0 Å². The van der Waals surface area contributed by atoms with E-state index in [4.69, 9.17) is 0 Å². The maximum Gasteiger partial charge on any atom is 0.128 e. The molecule has 1 N–H and O–H groups in total. The number of nitrogens with one attached hydrogen (secondary N) is 1. The molecule has 1 aromatic rings. The van der Waals surface area contributed by atoms with Gasteiger partial charge in [0.15, 0.2) is 0 Å². The lowest BCUT2D eigenvalue weighted by molar-refractivity contribution is 0.247. The first-order valence-corrected chi connectivity index (χ1v) is 7.42. The molecular weight excluding hydrogens is 236 g/mol. The molecule has 2 fully saturated rings. The summed E-state index contributed by atoms with van der Waals surface area (Å²) < 4.78 is 0. The number of hydrogen-bond acceptors (Lipinski definition) is 4. The summed E-state index contributed by atoms with van der Waals surface area (Å²) in [6.07, 6.45) is 4.89. The van der Waals surface area contributed by atoms with Crippen LogP contribution < -0.4 is 10.2 Å². The molecule has 4 nitrogen and oxygen atoms in total. The Kier molecular flexibility index (Phi) is 3.99. The van der Waals surface area contributed by atoms with Gasteiger partial charge < -0.3 is 10.2 Å². The quantitative estimate of drug-likeness (QED) is 0.865. The highest BCUT2D eigenvalue weighted by atomic mass is 15.3. The Hall–Kier alpha value is -1.13. The van der Waals surface area contributed by atoms with Gasteiger partial charge in [0.25, 0.3) is 0 Å². The predicted molar refractivity (Wildman–Crippen MR) is 78.4 cm³/mol. The monoisotopic (exact) mass is 260 g/mol. The number of piperazine rings is 1. The van der Waals surface area contributed by atoms with Crippen LogP contribution >= 0.6 is 0 Å². The second-order valence-electron chi connectivity index (χ2n) is 5.79. The van der Waals surface area contributed by atoms with E-state index < -0.39 is 0 Å². The van der Waals surface area contributed by atoms with Gasteiger partial charge in [-0.25, -0.2) is 4.98 Å². The van der Waals surface area contributed by atoms with Crippen molar-refractivity contribution in [3.8, 4) is 0 Å². The van der Waals surface area contributed by atoms with Crippen molar-refractivity contribution in [3.05, 3.63) is 23.9 Å². The molecule has 104 valence electrons. The van der Waals surface area contributed by atoms with Gasteiger partial charge in [-0.2, -0.15) is 0 Å². The Labute approximate surface area is 115 Å². The first-order chi connectivity index (χ1) is 9.35. The molecule has 3 rings (SSSR count). The number of hydrogen-bond donors (Lipinski definition) is 1. The fraction of sp³-hybridized carbons (Fsp3) is 0.667. The van der Waals surface area contributed by atoms with E-state index in [1.165, 1.54) is 38.0 Å². The molecule has 0 radical (unpaired) electrons. The van der Waals surface area contributed by atoms with Gasteiger partial charge >= 0.3 is 0 Å². The Balaban J connectivity index is 1.52. The summed E-state index contributed by atoms with van der Waals surface area (Å²) in [5.74, 6) is 2.14. The SMILES string of the molecule is CNCc1ccc(N2CCN(CC3CC3)CC2)nc1. The first-order valence-electron chi connectivity index (χ1n) is 7.42. The van der Waals surface area contributed by atoms with Crippen LogP contribution in [0.5, 0.6) is 0 Å². The van der Waals surface area contributed by atoms with E-state index in [1.807, 2.05) is 13.2 Å². The van der Waals surface area contributed by atoms with E-state index in [2.05, 4.69) is 32.2 Å². The molecule has 0 aromatic carbocycles. The first kappa shape index (κ1) is 12.9. The zero-order valence-corrected chi connectivity index (χ0v) is 11.8. The van der Waals surface area contributed by atoms with Crippen LogP contribution in [0.1, 0.15) is 18.4 Å². The molecule has 2 aliphatic rings. The minimum absolute atomic E-state index is 0.891. The molecule has 2 heterocycles. The molecule has 4 heteroatoms. The summed E-state index contributed by atoms with van der Waals surface area (Å²) >= 11 is 0. The molecule has 1 aliphatic heterocycles. The third-order valence-corrected chi connectivity index (χ3v) is 4.10. The van der Waals surface area contributed by atoms with Crippen LogP contribution in [0.2, 0.25) is 0 Å². The third-order valence-electron chi connectivity index (χ3n) is 4.10. The molecule has 0 amide bonds. The van der Waals surface area contributed by atoms with E-state index in [-0.39, 0.29) is 0 Å². The molecule has 1 aliphatic carbocycles. The second kappa shape index (κ2) is 5.88. The van der Waals surface area contributed by atoms with Crippen LogP contribution in [-0.2, 0) is 6.54 Å². The standard InChI is InChI=1S/C15H24N4/c1-16-10-14-4-5-15(17-11-14)19-8-6-18(7-9-19)12-13-2-3-13/h4-5,11,13,16H,2-3,6-10,12H2,1H3. The third kappa shape index (κ3) is 3.45. The van der Waals surface area contributed by atoms with Gasteiger partial charge in [-0.1, -0.05) is 6.07 Å². The lowest BCUT2D eigenvalue weighted by Gasteiger charge is -2.35. The molecule has 0 atom stereocenters. The Morgan fingerprint density at radius 3 is 2.58 bits per heavy atom. The van der Waals surface area contributed by atoms with Crippen molar-refractivity contribution in [2.45, 2.75) is 19.4 Å². The highest BCUT2D eigenvalue weighted by molar-refractivity contribution is 5.39. The van der Waals surface area contributed by atoms with Crippen LogP contribution in [0.4, 0.5) is 5.82 Å². The zero-order chi connectivity index (χ0) is 13.1. The van der Waals surface area contributed by atoms with Crippen molar-refractivity contribution in [3.63, 3.8) is 0 Å². The van der Waals surface area contributed by atoms with Crippen molar-refractivity contribution in [1.29, 1.82) is 0 Å². The predicted octanol–water partition coefficient (Wildman–Crippen LogP) is 1.33. The van der Waals surface area contributed by atoms with Gasteiger partial charge in [0.05, 0.1) is 0 Å². The van der Waals surface area contributed by atoms with Gasteiger partial charge in [-0.3, -0.25) is 4.90 Å². The number of aromatic nitrogens is 1. The molecule has 0 unspecified atom stereocenters. The minimum Gasteiger partial charge on any atom is -0.354 e. The van der Waals surface area contributed by atoms with E-state index in [0.717, 1.165) is 31.4 Å². The summed E-state index contributed by atoms with van der Waals surface area (Å²) in [6.45, 7) is 6.83. The Bertz CT molecular complexity index is 391. The fourth-order valence-corrected chi connectivity index (χ4v) is 2.74. The van der Waals surface area contributed by atoms with Gasteiger partial charge in [0, 0.05) is 45.5 Å².